The van der Waals surface area contributed by atoms with Gasteiger partial charge >= 0.3 is 16.3 Å². The molecule has 2 aliphatic rings. The van der Waals surface area contributed by atoms with Gasteiger partial charge in [-0.15, -0.1) is 0 Å². The average Bonchev–Trinajstić information content (AvgIpc) is 3.05. The number of nitrogens with zero attached hydrogens (tertiary/aromatic N) is 1. The molecule has 0 aromatic heterocycles. The first kappa shape index (κ1) is 13.3. The fourth-order valence-electron chi connectivity index (χ4n) is 2.62. The lowest BCUT2D eigenvalue weighted by Gasteiger charge is -2.09. The number of ether oxygens (including phenoxy) is 1. The highest BCUT2D eigenvalue weighted by atomic mass is 32.2. The Kier molecular flexibility index (Phi) is 2.93. The second-order valence-electron chi connectivity index (χ2n) is 4.63. The summed E-state index contributed by atoms with van der Waals surface area (Å²) >= 11 is 0. The molecular weight excluding hydrogens is 282 g/mol. The van der Waals surface area contributed by atoms with Gasteiger partial charge in [0.15, 0.2) is 0 Å². The molecule has 6 nitrogen and oxygen atoms in total. The molecule has 3 rings (SSSR count). The van der Waals surface area contributed by atoms with Gasteiger partial charge in [0.1, 0.15) is 5.54 Å². The van der Waals surface area contributed by atoms with Gasteiger partial charge in [-0.1, -0.05) is 36.4 Å². The van der Waals surface area contributed by atoms with Crippen LogP contribution in [0.5, 0.6) is 0 Å². The monoisotopic (exact) mass is 295 g/mol. The molecule has 0 spiro atoms. The van der Waals surface area contributed by atoms with Crippen molar-refractivity contribution in [3.05, 3.63) is 48.0 Å². The van der Waals surface area contributed by atoms with Crippen LogP contribution < -0.4 is 0 Å². The summed E-state index contributed by atoms with van der Waals surface area (Å²) in [5, 5.41) is 0. The Morgan fingerprint density at radius 2 is 2.15 bits per heavy atom. The first-order valence-corrected chi connectivity index (χ1v) is 7.39. The van der Waals surface area contributed by atoms with Crippen molar-refractivity contribution in [1.82, 2.24) is 4.31 Å². The zero-order valence-electron chi connectivity index (χ0n) is 10.7. The molecule has 3 atom stereocenters. The molecule has 2 heterocycles. The Labute approximate surface area is 116 Å². The number of hydrogen-bond donors (Lipinski definition) is 0. The SMILES string of the molecule is COC(=O)/C=C/[C@H]1N2[C@]1(c1ccccc1)COS2(=O)=O. The van der Waals surface area contributed by atoms with Crippen molar-refractivity contribution in [1.29, 1.82) is 0 Å². The summed E-state index contributed by atoms with van der Waals surface area (Å²) in [4.78, 5) is 11.2. The fourth-order valence-corrected chi connectivity index (χ4v) is 4.20. The summed E-state index contributed by atoms with van der Waals surface area (Å²) in [6.07, 6.45) is 2.78. The van der Waals surface area contributed by atoms with Gasteiger partial charge in [0, 0.05) is 6.08 Å². The third-order valence-corrected chi connectivity index (χ3v) is 5.08. The van der Waals surface area contributed by atoms with Gasteiger partial charge in [-0.2, -0.15) is 12.7 Å². The van der Waals surface area contributed by atoms with Crippen LogP contribution in [-0.2, 0) is 29.6 Å². The van der Waals surface area contributed by atoms with E-state index in [9.17, 15) is 13.2 Å². The van der Waals surface area contributed by atoms with E-state index in [-0.39, 0.29) is 6.61 Å². The summed E-state index contributed by atoms with van der Waals surface area (Å²) in [6.45, 7) is 0.0511. The van der Waals surface area contributed by atoms with Gasteiger partial charge in [0.2, 0.25) is 0 Å². The van der Waals surface area contributed by atoms with Crippen LogP contribution in [0.3, 0.4) is 0 Å². The van der Waals surface area contributed by atoms with E-state index < -0.39 is 27.9 Å². The van der Waals surface area contributed by atoms with Crippen LogP contribution >= 0.6 is 0 Å². The molecule has 0 N–H and O–H groups in total. The van der Waals surface area contributed by atoms with E-state index >= 15 is 0 Å². The van der Waals surface area contributed by atoms with E-state index in [0.717, 1.165) is 5.56 Å². The van der Waals surface area contributed by atoms with E-state index in [4.69, 9.17) is 4.18 Å². The largest absolute Gasteiger partial charge is 0.466 e. The molecule has 1 aromatic carbocycles. The third kappa shape index (κ3) is 1.78. The number of carbonyl (C=O) groups is 1. The van der Waals surface area contributed by atoms with Gasteiger partial charge in [0.25, 0.3) is 0 Å². The maximum atomic E-state index is 11.9. The molecule has 2 fully saturated rings. The Balaban J connectivity index is 1.97. The van der Waals surface area contributed by atoms with Gasteiger partial charge in [0.05, 0.1) is 19.8 Å². The molecule has 2 saturated heterocycles. The lowest BCUT2D eigenvalue weighted by molar-refractivity contribution is -0.134. The molecule has 1 unspecified atom stereocenters. The minimum atomic E-state index is -3.73. The van der Waals surface area contributed by atoms with Gasteiger partial charge < -0.3 is 4.74 Å². The number of hydrogen-bond acceptors (Lipinski definition) is 5. The topological polar surface area (TPSA) is 72.7 Å². The van der Waals surface area contributed by atoms with E-state index in [2.05, 4.69) is 4.74 Å². The van der Waals surface area contributed by atoms with Crippen molar-refractivity contribution in [2.75, 3.05) is 13.7 Å². The maximum absolute atomic E-state index is 11.9. The molecule has 0 radical (unpaired) electrons. The normalized spacial score (nSPS) is 33.9. The summed E-state index contributed by atoms with van der Waals surface area (Å²) in [5.74, 6) is -0.516. The number of carbonyl (C=O) groups excluding carboxylic acids is 1. The quantitative estimate of drug-likeness (QED) is 0.463. The Bertz CT molecular complexity index is 669. The molecule has 0 bridgehead atoms. The number of benzene rings is 1. The van der Waals surface area contributed by atoms with Crippen LogP contribution in [-0.4, -0.2) is 38.5 Å². The van der Waals surface area contributed by atoms with Crippen LogP contribution in [0.4, 0.5) is 0 Å². The highest BCUT2D eigenvalue weighted by Crippen LogP contribution is 2.57. The number of rotatable bonds is 3. The summed E-state index contributed by atoms with van der Waals surface area (Å²) in [7, 11) is -2.46. The molecule has 0 saturated carbocycles. The van der Waals surface area contributed by atoms with E-state index in [1.165, 1.54) is 17.5 Å². The van der Waals surface area contributed by atoms with Crippen LogP contribution in [0.1, 0.15) is 5.56 Å². The van der Waals surface area contributed by atoms with Crippen LogP contribution in [0, 0.1) is 0 Å². The molecular formula is C13H13NO5S. The first-order chi connectivity index (χ1) is 9.52. The Morgan fingerprint density at radius 3 is 2.80 bits per heavy atom. The standard InChI is InChI=1S/C13H13NO5S/c1-18-12(15)8-7-11-13(10-5-3-2-4-6-10)9-19-20(16,17)14(11)13/h2-8,11H,9H2,1H3/b8-7+/t11-,13+,14?/m1/s1. The van der Waals surface area contributed by atoms with E-state index in [0.29, 0.717) is 0 Å². The van der Waals surface area contributed by atoms with Crippen molar-refractivity contribution in [3.63, 3.8) is 0 Å². The van der Waals surface area contributed by atoms with Crippen LogP contribution in [0.15, 0.2) is 42.5 Å². The molecule has 0 amide bonds. The number of esters is 1. The van der Waals surface area contributed by atoms with Crippen LogP contribution in [0.25, 0.3) is 0 Å². The zero-order chi connectivity index (χ0) is 14.4. The first-order valence-electron chi connectivity index (χ1n) is 6.03. The van der Waals surface area contributed by atoms with Crippen molar-refractivity contribution >= 4 is 16.3 Å². The van der Waals surface area contributed by atoms with Crippen LogP contribution in [0.2, 0.25) is 0 Å². The summed E-state index contributed by atoms with van der Waals surface area (Å²) in [5.41, 5.74) is 0.116. The predicted octanol–water partition coefficient (Wildman–Crippen LogP) is 0.570. The molecule has 20 heavy (non-hydrogen) atoms. The lowest BCUT2D eigenvalue weighted by Crippen LogP contribution is -2.17. The third-order valence-electron chi connectivity index (χ3n) is 3.63. The van der Waals surface area contributed by atoms with E-state index in [1.807, 2.05) is 30.3 Å². The molecule has 1 aromatic rings. The second kappa shape index (κ2) is 4.41. The molecule has 0 aliphatic carbocycles. The highest BCUT2D eigenvalue weighted by molar-refractivity contribution is 7.84. The predicted molar refractivity (Wildman–Crippen MR) is 69.8 cm³/mol. The minimum Gasteiger partial charge on any atom is -0.466 e. The van der Waals surface area contributed by atoms with Crippen molar-refractivity contribution in [2.45, 2.75) is 11.6 Å². The number of methoxy groups -OCH3 is 1. The summed E-state index contributed by atoms with van der Waals surface area (Å²) in [6, 6.07) is 8.82. The van der Waals surface area contributed by atoms with Gasteiger partial charge in [-0.05, 0) is 5.56 Å². The lowest BCUT2D eigenvalue weighted by atomic mass is 9.95. The maximum Gasteiger partial charge on any atom is 0.340 e. The van der Waals surface area contributed by atoms with Gasteiger partial charge in [-0.25, -0.2) is 4.79 Å². The Hall–Kier alpha value is -1.70. The smallest absolute Gasteiger partial charge is 0.340 e. The number of fused-ring (bicyclic) bond motifs is 1. The second-order valence-corrected chi connectivity index (χ2v) is 6.12. The molecule has 106 valence electrons. The van der Waals surface area contributed by atoms with Gasteiger partial charge in [-0.3, -0.25) is 4.18 Å². The van der Waals surface area contributed by atoms with Crippen molar-refractivity contribution < 1.29 is 22.1 Å². The fraction of sp³-hybridized carbons (Fsp3) is 0.308. The zero-order valence-corrected chi connectivity index (χ0v) is 11.5. The Morgan fingerprint density at radius 1 is 1.45 bits per heavy atom. The average molecular weight is 295 g/mol. The molecule has 7 heteroatoms. The molecule has 2 aliphatic heterocycles. The minimum absolute atomic E-state index is 0.0511. The highest BCUT2D eigenvalue weighted by Gasteiger charge is 2.73. The van der Waals surface area contributed by atoms with Crippen molar-refractivity contribution in [2.24, 2.45) is 0 Å². The van der Waals surface area contributed by atoms with E-state index in [1.54, 1.807) is 6.08 Å². The summed E-state index contributed by atoms with van der Waals surface area (Å²) < 4.78 is 34.4. The van der Waals surface area contributed by atoms with Crippen molar-refractivity contribution in [3.8, 4) is 0 Å².